The SMILES string of the molecule is CCCCCCCCCCCCCCCCCCCCCCC(=O)OC[C@H](COP(=O)(O)OC[C@@H](O)COP(=O)(O)OC[C@@H](COC(=O)CCCCCCC)OC(=O)CCCCCCCCCCCCC(C)C)OC(=O)CCCCCCCCCCCCCCCCCCCCC(C)C. The van der Waals surface area contributed by atoms with Crippen molar-refractivity contribution in [3.8, 4) is 0 Å². The van der Waals surface area contributed by atoms with Gasteiger partial charge in [0.15, 0.2) is 12.2 Å². The van der Waals surface area contributed by atoms with Crippen LogP contribution in [0.4, 0.5) is 0 Å². The highest BCUT2D eigenvalue weighted by atomic mass is 31.2. The number of carbonyl (C=O) groups excluding carboxylic acids is 4. The molecule has 0 aromatic rings. The van der Waals surface area contributed by atoms with E-state index in [9.17, 15) is 43.2 Å². The zero-order chi connectivity index (χ0) is 72.8. The fraction of sp³-hybridized carbons (Fsp3) is 0.950. The number of phosphoric ester groups is 2. The Labute approximate surface area is 607 Å². The third kappa shape index (κ3) is 74.1. The summed E-state index contributed by atoms with van der Waals surface area (Å²) < 4.78 is 68.4. The maximum Gasteiger partial charge on any atom is 0.472 e. The zero-order valence-corrected chi connectivity index (χ0v) is 66.6. The number of ether oxygens (including phenoxy) is 4. The van der Waals surface area contributed by atoms with Crippen molar-refractivity contribution in [2.75, 3.05) is 39.6 Å². The van der Waals surface area contributed by atoms with Gasteiger partial charge < -0.3 is 33.8 Å². The van der Waals surface area contributed by atoms with E-state index in [0.29, 0.717) is 25.7 Å². The monoisotopic (exact) mass is 1450 g/mol. The van der Waals surface area contributed by atoms with Gasteiger partial charge in [-0.05, 0) is 37.5 Å². The molecular formula is C80H156O17P2. The van der Waals surface area contributed by atoms with E-state index >= 15 is 0 Å². The summed E-state index contributed by atoms with van der Waals surface area (Å²) in [6.07, 6.45) is 61.7. The minimum Gasteiger partial charge on any atom is -0.462 e. The van der Waals surface area contributed by atoms with Gasteiger partial charge in [0.25, 0.3) is 0 Å². The van der Waals surface area contributed by atoms with Crippen molar-refractivity contribution in [1.82, 2.24) is 0 Å². The molecule has 3 N–H and O–H groups in total. The predicted octanol–water partition coefficient (Wildman–Crippen LogP) is 23.9. The average Bonchev–Trinajstić information content (AvgIpc) is 1.01. The molecule has 0 radical (unpaired) electrons. The van der Waals surface area contributed by atoms with Gasteiger partial charge in [-0.2, -0.15) is 0 Å². The van der Waals surface area contributed by atoms with Crippen LogP contribution >= 0.6 is 15.6 Å². The van der Waals surface area contributed by atoms with E-state index in [-0.39, 0.29) is 25.7 Å². The number of phosphoric acid groups is 2. The number of carbonyl (C=O) groups is 4. The van der Waals surface area contributed by atoms with E-state index in [2.05, 4.69) is 41.5 Å². The Hall–Kier alpha value is -1.94. The van der Waals surface area contributed by atoms with Crippen LogP contribution < -0.4 is 0 Å². The van der Waals surface area contributed by atoms with Gasteiger partial charge in [-0.3, -0.25) is 37.3 Å². The minimum absolute atomic E-state index is 0.105. The van der Waals surface area contributed by atoms with E-state index in [4.69, 9.17) is 37.0 Å². The molecule has 0 heterocycles. The maximum absolute atomic E-state index is 13.1. The van der Waals surface area contributed by atoms with Gasteiger partial charge in [-0.15, -0.1) is 0 Å². The first-order valence-corrected chi connectivity index (χ1v) is 44.5. The maximum atomic E-state index is 13.1. The summed E-state index contributed by atoms with van der Waals surface area (Å²) >= 11 is 0. The second-order valence-corrected chi connectivity index (χ2v) is 32.7. The topological polar surface area (TPSA) is 237 Å². The third-order valence-electron chi connectivity index (χ3n) is 18.7. The van der Waals surface area contributed by atoms with E-state index in [0.717, 1.165) is 108 Å². The van der Waals surface area contributed by atoms with Gasteiger partial charge in [0.2, 0.25) is 0 Å². The molecule has 0 amide bonds. The number of unbranched alkanes of at least 4 members (excludes halogenated alkanes) is 49. The Morgan fingerprint density at radius 1 is 0.273 bits per heavy atom. The Bertz CT molecular complexity index is 1910. The van der Waals surface area contributed by atoms with Crippen LogP contribution in [0.2, 0.25) is 0 Å². The highest BCUT2D eigenvalue weighted by molar-refractivity contribution is 7.47. The fourth-order valence-corrected chi connectivity index (χ4v) is 13.9. The van der Waals surface area contributed by atoms with Crippen molar-refractivity contribution >= 4 is 39.5 Å². The summed E-state index contributed by atoms with van der Waals surface area (Å²) in [5, 5.41) is 10.6. The van der Waals surface area contributed by atoms with Crippen molar-refractivity contribution in [2.45, 2.75) is 439 Å². The van der Waals surface area contributed by atoms with Crippen molar-refractivity contribution in [2.24, 2.45) is 11.8 Å². The van der Waals surface area contributed by atoms with Gasteiger partial charge in [-0.25, -0.2) is 9.13 Å². The molecule has 588 valence electrons. The smallest absolute Gasteiger partial charge is 0.462 e. The molecular weight excluding hydrogens is 1290 g/mol. The van der Waals surface area contributed by atoms with E-state index < -0.39 is 97.5 Å². The fourth-order valence-electron chi connectivity index (χ4n) is 12.4. The summed E-state index contributed by atoms with van der Waals surface area (Å²) in [5.41, 5.74) is 0. The van der Waals surface area contributed by atoms with Crippen LogP contribution in [-0.4, -0.2) is 96.7 Å². The van der Waals surface area contributed by atoms with Gasteiger partial charge in [0.05, 0.1) is 26.4 Å². The van der Waals surface area contributed by atoms with Gasteiger partial charge in [0, 0.05) is 25.7 Å². The van der Waals surface area contributed by atoms with Gasteiger partial charge in [0.1, 0.15) is 19.3 Å². The lowest BCUT2D eigenvalue weighted by molar-refractivity contribution is -0.161. The molecule has 2 unspecified atom stereocenters. The Morgan fingerprint density at radius 2 is 0.465 bits per heavy atom. The third-order valence-corrected chi connectivity index (χ3v) is 20.6. The quantitative estimate of drug-likeness (QED) is 0.0222. The summed E-state index contributed by atoms with van der Waals surface area (Å²) in [4.78, 5) is 72.6. The molecule has 17 nitrogen and oxygen atoms in total. The van der Waals surface area contributed by atoms with Crippen molar-refractivity contribution in [3.63, 3.8) is 0 Å². The minimum atomic E-state index is -4.96. The molecule has 0 saturated carbocycles. The first kappa shape index (κ1) is 97.1. The average molecular weight is 1450 g/mol. The van der Waals surface area contributed by atoms with Crippen LogP contribution in [-0.2, 0) is 65.4 Å². The summed E-state index contributed by atoms with van der Waals surface area (Å²) in [5.74, 6) is -0.551. The van der Waals surface area contributed by atoms with E-state index in [1.54, 1.807) is 0 Å². The highest BCUT2D eigenvalue weighted by Crippen LogP contribution is 2.45. The molecule has 5 atom stereocenters. The van der Waals surface area contributed by atoms with Crippen molar-refractivity contribution in [3.05, 3.63) is 0 Å². The van der Waals surface area contributed by atoms with Crippen LogP contribution in [0, 0.1) is 11.8 Å². The summed E-state index contributed by atoms with van der Waals surface area (Å²) in [6, 6.07) is 0. The molecule has 0 saturated heterocycles. The first-order chi connectivity index (χ1) is 47.9. The Morgan fingerprint density at radius 3 is 0.687 bits per heavy atom. The molecule has 99 heavy (non-hydrogen) atoms. The van der Waals surface area contributed by atoms with E-state index in [1.165, 1.54) is 231 Å². The molecule has 0 fully saturated rings. The van der Waals surface area contributed by atoms with Gasteiger partial charge in [-0.1, -0.05) is 369 Å². The van der Waals surface area contributed by atoms with Crippen molar-refractivity contribution in [1.29, 1.82) is 0 Å². The van der Waals surface area contributed by atoms with Crippen molar-refractivity contribution < 1.29 is 80.2 Å². The molecule has 0 bridgehead atoms. The molecule has 0 aliphatic heterocycles. The zero-order valence-electron chi connectivity index (χ0n) is 64.8. The number of esters is 4. The Balaban J connectivity index is 5.11. The standard InChI is InChI=1S/C80H156O17P2/c1-7-9-11-13-14-15-16-17-18-19-20-21-25-28-31-34-40-45-51-57-63-78(83)91-69-76(97-80(85)64-58-52-46-41-35-32-29-26-23-22-24-27-30-33-38-43-49-54-60-72(3)4)71-95-99(88,89)93-67-74(81)66-92-98(86,87)94-70-75(68-90-77(82)62-56-48-12-10-8-2)96-79(84)65-59-53-47-42-37-36-39-44-50-55-61-73(5)6/h72-76,81H,7-71H2,1-6H3,(H,86,87)(H,88,89)/t74-,75+,76+/m0/s1. The van der Waals surface area contributed by atoms with Crippen LogP contribution in [0.5, 0.6) is 0 Å². The molecule has 0 aromatic carbocycles. The second-order valence-electron chi connectivity index (χ2n) is 29.8. The highest BCUT2D eigenvalue weighted by Gasteiger charge is 2.30. The predicted molar refractivity (Wildman–Crippen MR) is 405 cm³/mol. The number of aliphatic hydroxyl groups is 1. The van der Waals surface area contributed by atoms with Crippen LogP contribution in [0.1, 0.15) is 420 Å². The summed E-state index contributed by atoms with van der Waals surface area (Å²) in [6.45, 7) is 9.55. The van der Waals surface area contributed by atoms with E-state index in [1.807, 2.05) is 0 Å². The van der Waals surface area contributed by atoms with Crippen LogP contribution in [0.15, 0.2) is 0 Å². The molecule has 19 heteroatoms. The summed E-state index contributed by atoms with van der Waals surface area (Å²) in [7, 11) is -9.91. The molecule has 0 spiro atoms. The Kier molecular flexibility index (Phi) is 70.3. The lowest BCUT2D eigenvalue weighted by atomic mass is 10.0. The molecule has 0 aliphatic rings. The second kappa shape index (κ2) is 71.7. The molecule has 0 aliphatic carbocycles. The first-order valence-electron chi connectivity index (χ1n) is 41.5. The number of hydrogen-bond donors (Lipinski definition) is 3. The number of aliphatic hydroxyl groups excluding tert-OH is 1. The normalized spacial score (nSPS) is 13.9. The largest absolute Gasteiger partial charge is 0.472 e. The molecule has 0 aromatic heterocycles. The van der Waals surface area contributed by atoms with Gasteiger partial charge >= 0.3 is 39.5 Å². The van der Waals surface area contributed by atoms with Crippen LogP contribution in [0.25, 0.3) is 0 Å². The lowest BCUT2D eigenvalue weighted by Gasteiger charge is -2.21. The van der Waals surface area contributed by atoms with Crippen LogP contribution in [0.3, 0.4) is 0 Å². The number of hydrogen-bond acceptors (Lipinski definition) is 15. The number of rotatable bonds is 79. The molecule has 0 rings (SSSR count). The lowest BCUT2D eigenvalue weighted by Crippen LogP contribution is -2.30.